The molecule has 2 aromatic heterocycles. The number of halogens is 1. The standard InChI is InChI=1S/C20H16FN3O3S/c21-15-8-12(24-6-3-7-24)9-17-14(15)10-18(27-17)20(25)23-28(26)19-11-22-16-5-2-1-4-13(16)19/h1-2,4-5,8-11,22H,3,6-7H2,(H,23,25). The van der Waals surface area contributed by atoms with E-state index in [0.717, 1.165) is 36.1 Å². The number of hydrogen-bond acceptors (Lipinski definition) is 4. The fourth-order valence-electron chi connectivity index (χ4n) is 3.34. The van der Waals surface area contributed by atoms with E-state index in [4.69, 9.17) is 4.42 Å². The van der Waals surface area contributed by atoms with Gasteiger partial charge in [0.25, 0.3) is 0 Å². The average molecular weight is 397 g/mol. The van der Waals surface area contributed by atoms with Crippen LogP contribution in [0, 0.1) is 5.82 Å². The average Bonchev–Trinajstić information content (AvgIpc) is 3.24. The minimum atomic E-state index is -1.78. The number of para-hydroxylation sites is 1. The van der Waals surface area contributed by atoms with E-state index in [0.29, 0.717) is 10.5 Å². The van der Waals surface area contributed by atoms with Crippen molar-refractivity contribution in [2.24, 2.45) is 0 Å². The van der Waals surface area contributed by atoms with Crippen molar-refractivity contribution in [3.63, 3.8) is 0 Å². The van der Waals surface area contributed by atoms with E-state index in [-0.39, 0.29) is 11.1 Å². The van der Waals surface area contributed by atoms with Crippen molar-refractivity contribution in [3.05, 3.63) is 60.2 Å². The second-order valence-electron chi connectivity index (χ2n) is 6.69. The van der Waals surface area contributed by atoms with Gasteiger partial charge < -0.3 is 18.9 Å². The molecule has 1 amide bonds. The van der Waals surface area contributed by atoms with E-state index in [1.807, 2.05) is 29.2 Å². The third-order valence-electron chi connectivity index (χ3n) is 4.95. The Hall–Kier alpha value is -2.97. The number of hydrogen-bond donors (Lipinski definition) is 2. The lowest BCUT2D eigenvalue weighted by atomic mass is 10.1. The molecule has 1 aliphatic heterocycles. The summed E-state index contributed by atoms with van der Waals surface area (Å²) < 4.78 is 35.0. The van der Waals surface area contributed by atoms with E-state index >= 15 is 0 Å². The van der Waals surface area contributed by atoms with Crippen LogP contribution in [0.3, 0.4) is 0 Å². The fourth-order valence-corrected chi connectivity index (χ4v) is 4.26. The summed E-state index contributed by atoms with van der Waals surface area (Å²) in [7, 11) is 0. The number of fused-ring (bicyclic) bond motifs is 2. The van der Waals surface area contributed by atoms with Crippen LogP contribution in [-0.4, -0.2) is 28.5 Å². The molecule has 0 aliphatic carbocycles. The molecule has 0 saturated carbocycles. The summed E-state index contributed by atoms with van der Waals surface area (Å²) in [6.45, 7) is 1.76. The van der Waals surface area contributed by atoms with Gasteiger partial charge in [-0.15, -0.1) is 0 Å². The number of nitrogens with one attached hydrogen (secondary N) is 2. The van der Waals surface area contributed by atoms with Gasteiger partial charge in [-0.2, -0.15) is 4.72 Å². The maximum absolute atomic E-state index is 14.4. The molecule has 6 nitrogen and oxygen atoms in total. The highest BCUT2D eigenvalue weighted by molar-refractivity contribution is 7.90. The van der Waals surface area contributed by atoms with Crippen molar-refractivity contribution < 1.29 is 18.2 Å². The van der Waals surface area contributed by atoms with Gasteiger partial charge >= 0.3 is 5.91 Å². The predicted octanol–water partition coefficient (Wildman–Crippen LogP) is 3.72. The first-order valence-corrected chi connectivity index (χ1v) is 10.0. The zero-order valence-electron chi connectivity index (χ0n) is 14.7. The van der Waals surface area contributed by atoms with Crippen molar-refractivity contribution in [2.45, 2.75) is 11.3 Å². The second-order valence-corrected chi connectivity index (χ2v) is 7.87. The van der Waals surface area contributed by atoms with Crippen LogP contribution in [0.4, 0.5) is 10.1 Å². The molecule has 1 unspecified atom stereocenters. The molecule has 8 heteroatoms. The Balaban J connectivity index is 1.41. The Kier molecular flexibility index (Phi) is 4.03. The molecular weight excluding hydrogens is 381 g/mol. The summed E-state index contributed by atoms with van der Waals surface area (Å²) in [5, 5.41) is 0.989. The Morgan fingerprint density at radius 3 is 2.82 bits per heavy atom. The van der Waals surface area contributed by atoms with Gasteiger partial charge in [0, 0.05) is 30.9 Å². The zero-order valence-corrected chi connectivity index (χ0v) is 15.5. The van der Waals surface area contributed by atoms with Gasteiger partial charge in [-0.1, -0.05) is 12.1 Å². The molecule has 0 radical (unpaired) electrons. The van der Waals surface area contributed by atoms with Gasteiger partial charge in [0.1, 0.15) is 22.8 Å². The highest BCUT2D eigenvalue weighted by Crippen LogP contribution is 2.30. The Morgan fingerprint density at radius 1 is 1.21 bits per heavy atom. The molecule has 5 rings (SSSR count). The predicted molar refractivity (Wildman–Crippen MR) is 105 cm³/mol. The first kappa shape index (κ1) is 17.2. The molecule has 142 valence electrons. The highest BCUT2D eigenvalue weighted by atomic mass is 32.2. The van der Waals surface area contributed by atoms with Crippen LogP contribution < -0.4 is 9.62 Å². The summed E-state index contributed by atoms with van der Waals surface area (Å²) in [5.41, 5.74) is 1.86. The number of carbonyl (C=O) groups is 1. The van der Waals surface area contributed by atoms with Crippen LogP contribution in [0.2, 0.25) is 0 Å². The van der Waals surface area contributed by atoms with Crippen molar-refractivity contribution in [3.8, 4) is 0 Å². The lowest BCUT2D eigenvalue weighted by Gasteiger charge is -2.33. The van der Waals surface area contributed by atoms with Gasteiger partial charge in [-0.3, -0.25) is 4.79 Å². The van der Waals surface area contributed by atoms with Crippen LogP contribution in [0.5, 0.6) is 0 Å². The third-order valence-corrected chi connectivity index (χ3v) is 6.06. The number of H-pyrrole nitrogens is 1. The first-order chi connectivity index (χ1) is 13.6. The molecule has 2 N–H and O–H groups in total. The molecular formula is C20H16FN3O3S. The van der Waals surface area contributed by atoms with E-state index in [2.05, 4.69) is 9.71 Å². The smallest absolute Gasteiger partial charge is 0.328 e. The highest BCUT2D eigenvalue weighted by Gasteiger charge is 2.24. The van der Waals surface area contributed by atoms with Crippen LogP contribution in [0.25, 0.3) is 21.9 Å². The SMILES string of the molecule is O=C(N[S+]([O-])c1c[nH]c2ccccc12)c1cc2c(F)cc(N3CCC3)cc2o1. The minimum Gasteiger partial charge on any atom is -0.588 e. The summed E-state index contributed by atoms with van der Waals surface area (Å²) in [5.74, 6) is -1.19. The number of amides is 1. The van der Waals surface area contributed by atoms with Gasteiger partial charge in [0.2, 0.25) is 4.90 Å². The normalized spacial score (nSPS) is 15.0. The molecule has 2 aromatic carbocycles. The number of benzene rings is 2. The van der Waals surface area contributed by atoms with Crippen molar-refractivity contribution in [1.29, 1.82) is 0 Å². The molecule has 1 saturated heterocycles. The van der Waals surface area contributed by atoms with Gasteiger partial charge in [0.15, 0.2) is 5.76 Å². The largest absolute Gasteiger partial charge is 0.588 e. The van der Waals surface area contributed by atoms with E-state index in [1.54, 1.807) is 12.3 Å². The Morgan fingerprint density at radius 2 is 2.04 bits per heavy atom. The second kappa shape index (κ2) is 6.57. The van der Waals surface area contributed by atoms with Crippen molar-refractivity contribution in [1.82, 2.24) is 9.71 Å². The Labute approximate surface area is 162 Å². The van der Waals surface area contributed by atoms with E-state index in [1.165, 1.54) is 12.1 Å². The molecule has 1 aliphatic rings. The molecule has 3 heterocycles. The number of carbonyl (C=O) groups excluding carboxylic acids is 1. The van der Waals surface area contributed by atoms with Crippen LogP contribution in [-0.2, 0) is 11.4 Å². The summed E-state index contributed by atoms with van der Waals surface area (Å²) >= 11 is -1.78. The molecule has 28 heavy (non-hydrogen) atoms. The number of furan rings is 1. The van der Waals surface area contributed by atoms with Crippen LogP contribution in [0.1, 0.15) is 17.0 Å². The molecule has 0 bridgehead atoms. The Bertz CT molecular complexity index is 1200. The lowest BCUT2D eigenvalue weighted by Crippen LogP contribution is -2.36. The van der Waals surface area contributed by atoms with Crippen LogP contribution >= 0.6 is 0 Å². The molecule has 1 fully saturated rings. The zero-order chi connectivity index (χ0) is 19.3. The number of aromatic amines is 1. The maximum Gasteiger partial charge on any atom is 0.328 e. The van der Waals surface area contributed by atoms with Gasteiger partial charge in [0.05, 0.1) is 22.5 Å². The molecule has 1 atom stereocenters. The van der Waals surface area contributed by atoms with Gasteiger partial charge in [-0.25, -0.2) is 4.39 Å². The third kappa shape index (κ3) is 2.81. The van der Waals surface area contributed by atoms with E-state index < -0.39 is 23.1 Å². The topological polar surface area (TPSA) is 84.3 Å². The summed E-state index contributed by atoms with van der Waals surface area (Å²) in [4.78, 5) is 18.0. The number of anilines is 1. The quantitative estimate of drug-likeness (QED) is 0.514. The number of nitrogens with zero attached hydrogens (tertiary/aromatic N) is 1. The lowest BCUT2D eigenvalue weighted by molar-refractivity contribution is 0.0956. The van der Waals surface area contributed by atoms with Crippen molar-refractivity contribution in [2.75, 3.05) is 18.0 Å². The first-order valence-electron chi connectivity index (χ1n) is 8.87. The minimum absolute atomic E-state index is 0.0807. The van der Waals surface area contributed by atoms with E-state index in [9.17, 15) is 13.7 Å². The van der Waals surface area contributed by atoms with Gasteiger partial charge in [-0.05, 0) is 24.6 Å². The number of rotatable bonds is 4. The molecule has 4 aromatic rings. The van der Waals surface area contributed by atoms with Crippen LogP contribution in [0.15, 0.2) is 58.0 Å². The summed E-state index contributed by atoms with van der Waals surface area (Å²) in [6, 6.07) is 11.9. The van der Waals surface area contributed by atoms with Crippen molar-refractivity contribution >= 4 is 44.8 Å². The number of aromatic nitrogens is 1. The monoisotopic (exact) mass is 397 g/mol. The maximum atomic E-state index is 14.4. The summed E-state index contributed by atoms with van der Waals surface area (Å²) in [6.07, 6.45) is 2.67. The fraction of sp³-hybridized carbons (Fsp3) is 0.150. The molecule has 0 spiro atoms.